The molecule has 0 fully saturated rings. The predicted octanol–water partition coefficient (Wildman–Crippen LogP) is 5.06. The van der Waals surface area contributed by atoms with Crippen LogP contribution in [0, 0.1) is 19.7 Å². The molecule has 5 heteroatoms. The second-order valence-corrected chi connectivity index (χ2v) is 6.44. The first kappa shape index (κ1) is 16.5. The highest BCUT2D eigenvalue weighted by atomic mass is 79.9. The summed E-state index contributed by atoms with van der Waals surface area (Å²) in [5.41, 5.74) is 2.86. The van der Waals surface area contributed by atoms with Gasteiger partial charge in [0.2, 0.25) is 0 Å². The monoisotopic (exact) mass is 416 g/mol. The Morgan fingerprint density at radius 2 is 1.90 bits per heavy atom. The maximum Gasteiger partial charge on any atom is 0.137 e. The van der Waals surface area contributed by atoms with Gasteiger partial charge in [0, 0.05) is 15.6 Å². The van der Waals surface area contributed by atoms with Crippen LogP contribution in [0.25, 0.3) is 0 Å². The molecule has 0 heterocycles. The van der Waals surface area contributed by atoms with Gasteiger partial charge in [0.1, 0.15) is 17.7 Å². The molecular weight excluding hydrogens is 403 g/mol. The number of ether oxygens (including phenoxy) is 1. The Bertz CT molecular complexity index is 686. The Labute approximate surface area is 140 Å². The number of halogens is 3. The van der Waals surface area contributed by atoms with Crippen molar-refractivity contribution in [2.45, 2.75) is 20.0 Å². The molecule has 112 valence electrons. The zero-order valence-electron chi connectivity index (χ0n) is 11.9. The van der Waals surface area contributed by atoms with Gasteiger partial charge in [-0.05, 0) is 53.0 Å². The number of benzene rings is 2. The standard InChI is InChI=1S/C16H15Br2FO2/c1-8-7-11(17)9(2)13(16(8)21-3)15(20)10-5-4-6-12(19)14(10)18/h4-7,15,20H,1-3H3. The van der Waals surface area contributed by atoms with Crippen molar-refractivity contribution < 1.29 is 14.2 Å². The average molecular weight is 418 g/mol. The molecule has 0 aromatic heterocycles. The normalized spacial score (nSPS) is 12.3. The number of rotatable bonds is 3. The molecule has 1 unspecified atom stereocenters. The fourth-order valence-electron chi connectivity index (χ4n) is 2.36. The van der Waals surface area contributed by atoms with Crippen LogP contribution in [-0.4, -0.2) is 12.2 Å². The molecule has 21 heavy (non-hydrogen) atoms. The summed E-state index contributed by atoms with van der Waals surface area (Å²) in [6, 6.07) is 6.54. The molecule has 0 saturated carbocycles. The number of hydrogen-bond donors (Lipinski definition) is 1. The van der Waals surface area contributed by atoms with Crippen molar-refractivity contribution in [3.05, 3.63) is 61.3 Å². The fraction of sp³-hybridized carbons (Fsp3) is 0.250. The van der Waals surface area contributed by atoms with Crippen molar-refractivity contribution in [3.63, 3.8) is 0 Å². The summed E-state index contributed by atoms with van der Waals surface area (Å²) in [5, 5.41) is 10.7. The van der Waals surface area contributed by atoms with E-state index < -0.39 is 11.9 Å². The molecule has 0 saturated heterocycles. The molecule has 1 atom stereocenters. The summed E-state index contributed by atoms with van der Waals surface area (Å²) >= 11 is 6.68. The van der Waals surface area contributed by atoms with Gasteiger partial charge in [-0.25, -0.2) is 4.39 Å². The molecule has 0 aliphatic heterocycles. The first-order valence-electron chi connectivity index (χ1n) is 6.34. The van der Waals surface area contributed by atoms with Gasteiger partial charge in [-0.1, -0.05) is 28.1 Å². The lowest BCUT2D eigenvalue weighted by Crippen LogP contribution is -2.08. The van der Waals surface area contributed by atoms with Gasteiger partial charge in [0.15, 0.2) is 0 Å². The van der Waals surface area contributed by atoms with E-state index in [0.29, 0.717) is 16.9 Å². The molecule has 0 bridgehead atoms. The average Bonchev–Trinajstić information content (AvgIpc) is 2.44. The van der Waals surface area contributed by atoms with E-state index in [1.807, 2.05) is 19.9 Å². The van der Waals surface area contributed by atoms with Crippen molar-refractivity contribution in [1.82, 2.24) is 0 Å². The van der Waals surface area contributed by atoms with Crippen LogP contribution in [0.4, 0.5) is 4.39 Å². The maximum absolute atomic E-state index is 13.7. The number of aryl methyl sites for hydroxylation is 1. The molecule has 1 N–H and O–H groups in total. The van der Waals surface area contributed by atoms with Crippen molar-refractivity contribution in [2.75, 3.05) is 7.11 Å². The third-order valence-corrected chi connectivity index (χ3v) is 5.12. The Balaban J connectivity index is 2.68. The van der Waals surface area contributed by atoms with E-state index in [1.54, 1.807) is 19.2 Å². The van der Waals surface area contributed by atoms with Gasteiger partial charge in [0.25, 0.3) is 0 Å². The molecule has 2 nitrogen and oxygen atoms in total. The van der Waals surface area contributed by atoms with Crippen LogP contribution in [0.1, 0.15) is 28.4 Å². The molecule has 2 rings (SSSR count). The highest BCUT2D eigenvalue weighted by molar-refractivity contribution is 9.10. The Hall–Kier alpha value is -0.910. The first-order valence-corrected chi connectivity index (χ1v) is 7.92. The first-order chi connectivity index (χ1) is 9.88. The van der Waals surface area contributed by atoms with E-state index in [9.17, 15) is 9.50 Å². The second-order valence-electron chi connectivity index (χ2n) is 4.79. The number of hydrogen-bond acceptors (Lipinski definition) is 2. The fourth-order valence-corrected chi connectivity index (χ4v) is 3.40. The minimum atomic E-state index is -0.985. The number of aliphatic hydroxyl groups excluding tert-OH is 1. The molecule has 2 aromatic carbocycles. The highest BCUT2D eigenvalue weighted by Crippen LogP contribution is 2.40. The Morgan fingerprint density at radius 3 is 2.52 bits per heavy atom. The van der Waals surface area contributed by atoms with E-state index in [2.05, 4.69) is 31.9 Å². The van der Waals surface area contributed by atoms with Crippen molar-refractivity contribution in [1.29, 1.82) is 0 Å². The van der Waals surface area contributed by atoms with Crippen molar-refractivity contribution in [3.8, 4) is 5.75 Å². The zero-order chi connectivity index (χ0) is 15.7. The van der Waals surface area contributed by atoms with Crippen LogP contribution >= 0.6 is 31.9 Å². The quantitative estimate of drug-likeness (QED) is 0.756. The SMILES string of the molecule is COc1c(C)cc(Br)c(C)c1C(O)c1cccc(F)c1Br. The van der Waals surface area contributed by atoms with Crippen molar-refractivity contribution in [2.24, 2.45) is 0 Å². The van der Waals surface area contributed by atoms with Crippen LogP contribution in [-0.2, 0) is 0 Å². The lowest BCUT2D eigenvalue weighted by molar-refractivity contribution is 0.212. The molecule has 0 radical (unpaired) electrons. The summed E-state index contributed by atoms with van der Waals surface area (Å²) in [5.74, 6) is 0.203. The molecular formula is C16H15Br2FO2. The Kier molecular flexibility index (Phi) is 5.07. The Morgan fingerprint density at radius 1 is 1.24 bits per heavy atom. The predicted molar refractivity (Wildman–Crippen MR) is 88.3 cm³/mol. The lowest BCUT2D eigenvalue weighted by atomic mass is 9.94. The third kappa shape index (κ3) is 3.00. The van der Waals surface area contributed by atoms with Crippen LogP contribution in [0.15, 0.2) is 33.2 Å². The molecule has 0 aliphatic rings. The van der Waals surface area contributed by atoms with E-state index >= 15 is 0 Å². The third-order valence-electron chi connectivity index (χ3n) is 3.46. The van der Waals surface area contributed by atoms with Gasteiger partial charge in [0.05, 0.1) is 11.6 Å². The second kappa shape index (κ2) is 6.46. The van der Waals surface area contributed by atoms with E-state index in [4.69, 9.17) is 4.74 Å². The topological polar surface area (TPSA) is 29.5 Å². The van der Waals surface area contributed by atoms with Crippen LogP contribution in [0.5, 0.6) is 5.75 Å². The highest BCUT2D eigenvalue weighted by Gasteiger charge is 2.24. The molecule has 0 aliphatic carbocycles. The van der Waals surface area contributed by atoms with Gasteiger partial charge < -0.3 is 9.84 Å². The van der Waals surface area contributed by atoms with Crippen LogP contribution in [0.2, 0.25) is 0 Å². The van der Waals surface area contributed by atoms with Gasteiger partial charge in [-0.3, -0.25) is 0 Å². The molecule has 0 spiro atoms. The minimum Gasteiger partial charge on any atom is -0.496 e. The molecule has 0 amide bonds. The smallest absolute Gasteiger partial charge is 0.137 e. The minimum absolute atomic E-state index is 0.261. The van der Waals surface area contributed by atoms with Crippen molar-refractivity contribution >= 4 is 31.9 Å². The van der Waals surface area contributed by atoms with Crippen LogP contribution < -0.4 is 4.74 Å². The summed E-state index contributed by atoms with van der Waals surface area (Å²) < 4.78 is 20.3. The number of aliphatic hydroxyl groups is 1. The largest absolute Gasteiger partial charge is 0.496 e. The van der Waals surface area contributed by atoms with E-state index in [1.165, 1.54) is 6.07 Å². The summed E-state index contributed by atoms with van der Waals surface area (Å²) in [7, 11) is 1.56. The van der Waals surface area contributed by atoms with Gasteiger partial charge >= 0.3 is 0 Å². The van der Waals surface area contributed by atoms with E-state index in [0.717, 1.165) is 15.6 Å². The van der Waals surface area contributed by atoms with Crippen LogP contribution in [0.3, 0.4) is 0 Å². The van der Waals surface area contributed by atoms with Gasteiger partial charge in [-0.15, -0.1) is 0 Å². The molecule has 2 aromatic rings. The van der Waals surface area contributed by atoms with E-state index in [-0.39, 0.29) is 4.47 Å². The maximum atomic E-state index is 13.7. The summed E-state index contributed by atoms with van der Waals surface area (Å²) in [6.45, 7) is 3.79. The lowest BCUT2D eigenvalue weighted by Gasteiger charge is -2.21. The number of methoxy groups -OCH3 is 1. The zero-order valence-corrected chi connectivity index (χ0v) is 15.0. The summed E-state index contributed by atoms with van der Waals surface area (Å²) in [4.78, 5) is 0. The summed E-state index contributed by atoms with van der Waals surface area (Å²) in [6.07, 6.45) is -0.985. The van der Waals surface area contributed by atoms with Gasteiger partial charge in [-0.2, -0.15) is 0 Å².